The second-order valence-corrected chi connectivity index (χ2v) is 7.26. The van der Waals surface area contributed by atoms with Crippen molar-refractivity contribution in [3.05, 3.63) is 34.9 Å². The molecule has 0 radical (unpaired) electrons. The Balaban J connectivity index is 2.05. The smallest absolute Gasteiger partial charge is 0.271 e. The summed E-state index contributed by atoms with van der Waals surface area (Å²) in [6.07, 6.45) is 0.754. The zero-order valence-corrected chi connectivity index (χ0v) is 14.6. The molecule has 1 saturated carbocycles. The lowest BCUT2D eigenvalue weighted by molar-refractivity contribution is -0.323. The number of amides is 2. The molecule has 24 heavy (non-hydrogen) atoms. The van der Waals surface area contributed by atoms with E-state index in [0.717, 1.165) is 0 Å². The van der Waals surface area contributed by atoms with Crippen LogP contribution in [0.3, 0.4) is 0 Å². The van der Waals surface area contributed by atoms with Crippen molar-refractivity contribution in [3.8, 4) is 0 Å². The summed E-state index contributed by atoms with van der Waals surface area (Å²) in [5.41, 5.74) is 3.04. The van der Waals surface area contributed by atoms with E-state index in [1.165, 1.54) is 6.07 Å². The lowest BCUT2D eigenvalue weighted by atomic mass is 9.65. The molecule has 1 aromatic rings. The summed E-state index contributed by atoms with van der Waals surface area (Å²) in [7, 11) is 0. The number of nitrogens with one attached hydrogen (secondary N) is 2. The minimum atomic E-state index is -1.16. The maximum atomic E-state index is 12.4. The number of carboxylic acids is 1. The fraction of sp³-hybridized carbons (Fsp3) is 0.471. The number of carbonyl (C=O) groups is 3. The van der Waals surface area contributed by atoms with Gasteiger partial charge in [-0.2, -0.15) is 0 Å². The minimum Gasteiger partial charge on any atom is -0.550 e. The van der Waals surface area contributed by atoms with E-state index in [9.17, 15) is 19.5 Å². The lowest BCUT2D eigenvalue weighted by Gasteiger charge is -2.41. The second-order valence-electron chi connectivity index (χ2n) is 6.86. The van der Waals surface area contributed by atoms with Gasteiger partial charge in [0.25, 0.3) is 5.91 Å². The summed E-state index contributed by atoms with van der Waals surface area (Å²) in [6.45, 7) is 5.06. The Morgan fingerprint density at radius 1 is 1.17 bits per heavy atom. The maximum Gasteiger partial charge on any atom is 0.271 e. The number of halogens is 1. The number of benzene rings is 1. The summed E-state index contributed by atoms with van der Waals surface area (Å²) in [5, 5.41) is 11.7. The third-order valence-electron chi connectivity index (χ3n) is 5.41. The topological polar surface area (TPSA) is 98.3 Å². The number of aliphatic carboxylic acids is 1. The van der Waals surface area contributed by atoms with Crippen LogP contribution in [-0.2, 0) is 9.59 Å². The van der Waals surface area contributed by atoms with E-state index in [1.54, 1.807) is 39.0 Å². The first kappa shape index (κ1) is 18.3. The van der Waals surface area contributed by atoms with Crippen LogP contribution in [0, 0.1) is 16.7 Å². The van der Waals surface area contributed by atoms with E-state index in [4.69, 9.17) is 11.6 Å². The van der Waals surface area contributed by atoms with Gasteiger partial charge in [0.15, 0.2) is 0 Å². The summed E-state index contributed by atoms with van der Waals surface area (Å²) in [5.74, 6) is -2.67. The van der Waals surface area contributed by atoms with Gasteiger partial charge in [0.05, 0.1) is 10.6 Å². The Kier molecular flexibility index (Phi) is 4.90. The average molecular weight is 352 g/mol. The van der Waals surface area contributed by atoms with Crippen molar-refractivity contribution in [2.24, 2.45) is 16.7 Å². The molecular formula is C17H20ClN2O4-. The third kappa shape index (κ3) is 2.98. The highest BCUT2D eigenvalue weighted by Gasteiger charge is 2.54. The molecule has 0 heterocycles. The van der Waals surface area contributed by atoms with Crippen LogP contribution in [0.15, 0.2) is 24.3 Å². The number of carboxylic acid groups (broad SMARTS) is 1. The molecule has 1 aromatic carbocycles. The quantitative estimate of drug-likeness (QED) is 0.802. The molecule has 130 valence electrons. The number of rotatable bonds is 3. The SMILES string of the molecule is CC1(C)[C@@H](C(=O)NNC(=O)c2ccccc2Cl)CC[C@]1(C)C(=O)[O-]. The van der Waals surface area contributed by atoms with Crippen molar-refractivity contribution >= 4 is 29.4 Å². The number of hydrazine groups is 1. The van der Waals surface area contributed by atoms with Crippen molar-refractivity contribution in [1.29, 1.82) is 0 Å². The largest absolute Gasteiger partial charge is 0.550 e. The standard InChI is InChI=1S/C17H21ClN2O4/c1-16(2)11(8-9-17(16,3)15(23)24)14(22)20-19-13(21)10-6-4-5-7-12(10)18/h4-7,11H,8-9H2,1-3H3,(H,19,21)(H,20,22)(H,23,24)/p-1/t11-,17-/m1/s1. The molecule has 1 aliphatic carbocycles. The fourth-order valence-electron chi connectivity index (χ4n) is 3.24. The fourth-order valence-corrected chi connectivity index (χ4v) is 3.46. The van der Waals surface area contributed by atoms with E-state index >= 15 is 0 Å². The molecule has 2 amide bonds. The zero-order valence-electron chi connectivity index (χ0n) is 13.8. The second kappa shape index (κ2) is 6.43. The molecule has 7 heteroatoms. The predicted octanol–water partition coefficient (Wildman–Crippen LogP) is 1.29. The molecule has 0 unspecified atom stereocenters. The van der Waals surface area contributed by atoms with Crippen LogP contribution in [0.4, 0.5) is 0 Å². The van der Waals surface area contributed by atoms with Crippen LogP contribution in [0.1, 0.15) is 44.0 Å². The van der Waals surface area contributed by atoms with Gasteiger partial charge in [-0.05, 0) is 30.4 Å². The Morgan fingerprint density at radius 2 is 1.79 bits per heavy atom. The molecule has 2 atom stereocenters. The summed E-state index contributed by atoms with van der Waals surface area (Å²) in [6, 6.07) is 6.47. The van der Waals surface area contributed by atoms with E-state index in [0.29, 0.717) is 12.8 Å². The molecule has 1 fully saturated rings. The molecule has 0 spiro atoms. The van der Waals surface area contributed by atoms with E-state index in [1.807, 2.05) is 0 Å². The number of hydrogen-bond donors (Lipinski definition) is 2. The predicted molar refractivity (Wildman–Crippen MR) is 86.7 cm³/mol. The number of carbonyl (C=O) groups excluding carboxylic acids is 3. The van der Waals surface area contributed by atoms with Crippen molar-refractivity contribution < 1.29 is 19.5 Å². The molecule has 0 saturated heterocycles. The molecule has 0 aliphatic heterocycles. The van der Waals surface area contributed by atoms with Crippen LogP contribution in [-0.4, -0.2) is 17.8 Å². The first-order chi connectivity index (χ1) is 11.1. The Labute approximate surface area is 145 Å². The van der Waals surface area contributed by atoms with Crippen molar-refractivity contribution in [1.82, 2.24) is 10.9 Å². The van der Waals surface area contributed by atoms with Gasteiger partial charge in [-0.15, -0.1) is 0 Å². The zero-order chi connectivity index (χ0) is 18.1. The molecule has 2 N–H and O–H groups in total. The molecule has 6 nitrogen and oxygen atoms in total. The van der Waals surface area contributed by atoms with E-state index in [-0.39, 0.29) is 10.6 Å². The highest BCUT2D eigenvalue weighted by atomic mass is 35.5. The van der Waals surface area contributed by atoms with Crippen LogP contribution in [0.25, 0.3) is 0 Å². The molecular weight excluding hydrogens is 332 g/mol. The van der Waals surface area contributed by atoms with Crippen molar-refractivity contribution in [2.45, 2.75) is 33.6 Å². The monoisotopic (exact) mass is 351 g/mol. The summed E-state index contributed by atoms with van der Waals surface area (Å²) < 4.78 is 0. The van der Waals surface area contributed by atoms with Gasteiger partial charge in [-0.1, -0.05) is 44.5 Å². The number of hydrogen-bond acceptors (Lipinski definition) is 4. The van der Waals surface area contributed by atoms with E-state index < -0.39 is 34.5 Å². The van der Waals surface area contributed by atoms with Crippen LogP contribution < -0.4 is 16.0 Å². The summed E-state index contributed by atoms with van der Waals surface area (Å²) >= 11 is 5.93. The molecule has 0 bridgehead atoms. The molecule has 1 aliphatic rings. The van der Waals surface area contributed by atoms with Crippen molar-refractivity contribution in [3.63, 3.8) is 0 Å². The maximum absolute atomic E-state index is 12.4. The van der Waals surface area contributed by atoms with Gasteiger partial charge in [0, 0.05) is 17.3 Å². The third-order valence-corrected chi connectivity index (χ3v) is 5.74. The molecule has 0 aromatic heterocycles. The van der Waals surface area contributed by atoms with Gasteiger partial charge >= 0.3 is 0 Å². The van der Waals surface area contributed by atoms with E-state index in [2.05, 4.69) is 10.9 Å². The minimum absolute atomic E-state index is 0.240. The Hall–Kier alpha value is -2.08. The van der Waals surface area contributed by atoms with Crippen LogP contribution in [0.2, 0.25) is 5.02 Å². The first-order valence-corrected chi connectivity index (χ1v) is 8.05. The van der Waals surface area contributed by atoms with Gasteiger partial charge < -0.3 is 9.90 Å². The van der Waals surface area contributed by atoms with Crippen LogP contribution in [0.5, 0.6) is 0 Å². The molecule has 2 rings (SSSR count). The van der Waals surface area contributed by atoms with Gasteiger partial charge in [-0.25, -0.2) is 0 Å². The van der Waals surface area contributed by atoms with Crippen LogP contribution >= 0.6 is 11.6 Å². The highest BCUT2D eigenvalue weighted by molar-refractivity contribution is 6.33. The average Bonchev–Trinajstić information content (AvgIpc) is 2.76. The summed E-state index contributed by atoms with van der Waals surface area (Å²) in [4.78, 5) is 36.0. The highest BCUT2D eigenvalue weighted by Crippen LogP contribution is 2.55. The van der Waals surface area contributed by atoms with Gasteiger partial charge in [0.1, 0.15) is 0 Å². The Morgan fingerprint density at radius 3 is 2.33 bits per heavy atom. The normalized spacial score (nSPS) is 25.1. The first-order valence-electron chi connectivity index (χ1n) is 7.67. The Bertz CT molecular complexity index is 689. The van der Waals surface area contributed by atoms with Gasteiger partial charge in [-0.3, -0.25) is 20.4 Å². The lowest BCUT2D eigenvalue weighted by Crippen LogP contribution is -2.52. The van der Waals surface area contributed by atoms with Gasteiger partial charge in [0.2, 0.25) is 5.91 Å². The van der Waals surface area contributed by atoms with Crippen molar-refractivity contribution in [2.75, 3.05) is 0 Å².